The normalized spacial score (nSPS) is 9.94. The van der Waals surface area contributed by atoms with Gasteiger partial charge in [0.05, 0.1) is 5.52 Å². The van der Waals surface area contributed by atoms with E-state index < -0.39 is 5.97 Å². The molecule has 1 aromatic heterocycles. The van der Waals surface area contributed by atoms with E-state index in [9.17, 15) is 14.7 Å². The maximum Gasteiger partial charge on any atom is 0.330 e. The van der Waals surface area contributed by atoms with Crippen molar-refractivity contribution in [2.24, 2.45) is 0 Å². The van der Waals surface area contributed by atoms with Crippen molar-refractivity contribution < 1.29 is 15.0 Å². The number of nitrogens with zero attached hydrogens (tertiary/aromatic N) is 1. The SMILES string of the molecule is C=C(C)C(=O)O.CCCC.CCCCCn1c(=O)c(-c2ccc(O)cc2)cc2ccccc21. The molecule has 0 bridgehead atoms. The first kappa shape index (κ1) is 27.7. The fourth-order valence-corrected chi connectivity index (χ4v) is 2.92. The molecule has 5 heteroatoms. The lowest BCUT2D eigenvalue weighted by Gasteiger charge is -2.13. The molecule has 0 fully saturated rings. The standard InChI is InChI=1S/C20H21NO2.C4H6O2.C4H10/c1-2-3-6-13-21-19-8-5-4-7-16(19)14-18(20(21)23)15-9-11-17(22)12-10-15;1-3(2)4(5)6;1-3-4-2/h4-5,7-12,14,22H,2-3,6,13H2,1H3;1H2,2H3,(H,5,6);3-4H2,1-2H3. The van der Waals surface area contributed by atoms with Crippen molar-refractivity contribution in [2.45, 2.75) is 66.3 Å². The molecule has 0 spiro atoms. The van der Waals surface area contributed by atoms with Gasteiger partial charge in [-0.2, -0.15) is 0 Å². The summed E-state index contributed by atoms with van der Waals surface area (Å²) in [6, 6.07) is 16.8. The highest BCUT2D eigenvalue weighted by Crippen LogP contribution is 2.23. The van der Waals surface area contributed by atoms with Crippen LogP contribution in [0.4, 0.5) is 0 Å². The molecule has 0 unspecified atom stereocenters. The second-order valence-electron chi connectivity index (χ2n) is 7.91. The number of aromatic hydroxyl groups is 1. The van der Waals surface area contributed by atoms with E-state index >= 15 is 0 Å². The number of carboxylic acid groups (broad SMARTS) is 1. The van der Waals surface area contributed by atoms with Gasteiger partial charge in [-0.25, -0.2) is 4.79 Å². The van der Waals surface area contributed by atoms with Gasteiger partial charge in [-0.1, -0.05) is 83.4 Å². The van der Waals surface area contributed by atoms with Gasteiger partial charge in [0.1, 0.15) is 5.75 Å². The van der Waals surface area contributed by atoms with Crippen LogP contribution in [0.1, 0.15) is 59.8 Å². The third-order valence-electron chi connectivity index (χ3n) is 5.03. The van der Waals surface area contributed by atoms with Gasteiger partial charge in [0.25, 0.3) is 5.56 Å². The van der Waals surface area contributed by atoms with Gasteiger partial charge in [-0.15, -0.1) is 0 Å². The van der Waals surface area contributed by atoms with E-state index in [0.717, 1.165) is 42.3 Å². The van der Waals surface area contributed by atoms with Gasteiger partial charge < -0.3 is 14.8 Å². The van der Waals surface area contributed by atoms with Crippen molar-refractivity contribution in [1.29, 1.82) is 0 Å². The summed E-state index contributed by atoms with van der Waals surface area (Å²) in [6.07, 6.45) is 5.88. The Morgan fingerprint density at radius 3 is 2.03 bits per heavy atom. The minimum absolute atomic E-state index is 0.0329. The molecular weight excluding hydrogens is 414 g/mol. The maximum absolute atomic E-state index is 13.0. The van der Waals surface area contributed by atoms with E-state index in [1.54, 1.807) is 24.3 Å². The van der Waals surface area contributed by atoms with Gasteiger partial charge in [0.2, 0.25) is 0 Å². The van der Waals surface area contributed by atoms with Crippen LogP contribution in [0.2, 0.25) is 0 Å². The number of rotatable bonds is 7. The number of aryl methyl sites for hydroxylation is 1. The number of phenols is 1. The average molecular weight is 452 g/mol. The van der Waals surface area contributed by atoms with Crippen LogP contribution >= 0.6 is 0 Å². The van der Waals surface area contributed by atoms with E-state index in [1.165, 1.54) is 19.8 Å². The zero-order valence-corrected chi connectivity index (χ0v) is 20.3. The number of carbonyl (C=O) groups is 1. The number of benzene rings is 2. The number of unbranched alkanes of at least 4 members (excludes halogenated alkanes) is 3. The lowest BCUT2D eigenvalue weighted by molar-refractivity contribution is -0.132. The van der Waals surface area contributed by atoms with Gasteiger partial charge in [0.15, 0.2) is 0 Å². The van der Waals surface area contributed by atoms with Crippen molar-refractivity contribution in [3.05, 3.63) is 77.1 Å². The molecule has 2 aromatic carbocycles. The Labute approximate surface area is 197 Å². The lowest BCUT2D eigenvalue weighted by atomic mass is 10.0. The molecule has 0 atom stereocenters. The van der Waals surface area contributed by atoms with Crippen LogP contribution < -0.4 is 5.56 Å². The van der Waals surface area contributed by atoms with Crippen molar-refractivity contribution in [2.75, 3.05) is 0 Å². The molecule has 5 nitrogen and oxygen atoms in total. The monoisotopic (exact) mass is 451 g/mol. The van der Waals surface area contributed by atoms with Crippen LogP contribution in [0.5, 0.6) is 5.75 Å². The minimum atomic E-state index is -0.935. The van der Waals surface area contributed by atoms with E-state index in [4.69, 9.17) is 5.11 Å². The van der Waals surface area contributed by atoms with Crippen LogP contribution in [-0.4, -0.2) is 20.7 Å². The molecule has 0 saturated heterocycles. The highest BCUT2D eigenvalue weighted by atomic mass is 16.4. The fraction of sp³-hybridized carbons (Fsp3) is 0.357. The molecule has 2 N–H and O–H groups in total. The fourth-order valence-electron chi connectivity index (χ4n) is 2.92. The Bertz CT molecular complexity index is 1070. The van der Waals surface area contributed by atoms with E-state index in [2.05, 4.69) is 27.4 Å². The maximum atomic E-state index is 13.0. The van der Waals surface area contributed by atoms with Crippen molar-refractivity contribution in [1.82, 2.24) is 4.57 Å². The predicted molar refractivity (Wildman–Crippen MR) is 138 cm³/mol. The Morgan fingerprint density at radius 1 is 0.939 bits per heavy atom. The van der Waals surface area contributed by atoms with Gasteiger partial charge in [-0.3, -0.25) is 4.79 Å². The number of aromatic nitrogens is 1. The molecule has 0 radical (unpaired) electrons. The second kappa shape index (κ2) is 14.7. The first-order valence-corrected chi connectivity index (χ1v) is 11.6. The van der Waals surface area contributed by atoms with Crippen LogP contribution in [0.25, 0.3) is 22.0 Å². The number of fused-ring (bicyclic) bond motifs is 1. The highest BCUT2D eigenvalue weighted by Gasteiger charge is 2.10. The van der Waals surface area contributed by atoms with Crippen LogP contribution in [0.15, 0.2) is 71.5 Å². The molecule has 1 heterocycles. The molecule has 3 rings (SSSR count). The molecule has 178 valence electrons. The summed E-state index contributed by atoms with van der Waals surface area (Å²) in [5, 5.41) is 18.4. The highest BCUT2D eigenvalue weighted by molar-refractivity contribution is 5.85. The number of hydrogen-bond donors (Lipinski definition) is 2. The first-order valence-electron chi connectivity index (χ1n) is 11.6. The van der Waals surface area contributed by atoms with Gasteiger partial charge in [0, 0.05) is 17.7 Å². The van der Waals surface area contributed by atoms with Gasteiger partial charge in [-0.05, 0) is 48.6 Å². The number of carboxylic acids is 1. The third kappa shape index (κ3) is 8.97. The number of phenolic OH excluding ortho intramolecular Hbond substituents is 1. The smallest absolute Gasteiger partial charge is 0.330 e. The molecule has 3 aromatic rings. The Balaban J connectivity index is 0.000000460. The zero-order chi connectivity index (χ0) is 24.8. The summed E-state index contributed by atoms with van der Waals surface area (Å²) in [6.45, 7) is 11.9. The Kier molecular flexibility index (Phi) is 12.3. The molecule has 0 aliphatic heterocycles. The molecule has 0 aliphatic rings. The van der Waals surface area contributed by atoms with Crippen LogP contribution in [-0.2, 0) is 11.3 Å². The molecule has 0 amide bonds. The van der Waals surface area contributed by atoms with E-state index in [1.807, 2.05) is 34.9 Å². The summed E-state index contributed by atoms with van der Waals surface area (Å²) in [5.41, 5.74) is 2.71. The summed E-state index contributed by atoms with van der Waals surface area (Å²) in [5.74, 6) is -0.729. The predicted octanol–water partition coefficient (Wildman–Crippen LogP) is 7.02. The largest absolute Gasteiger partial charge is 0.508 e. The van der Waals surface area contributed by atoms with Crippen LogP contribution in [0.3, 0.4) is 0 Å². The Morgan fingerprint density at radius 2 is 1.52 bits per heavy atom. The van der Waals surface area contributed by atoms with Crippen molar-refractivity contribution in [3.8, 4) is 16.9 Å². The molecule has 33 heavy (non-hydrogen) atoms. The second-order valence-corrected chi connectivity index (χ2v) is 7.91. The van der Waals surface area contributed by atoms with Gasteiger partial charge >= 0.3 is 5.97 Å². The lowest BCUT2D eigenvalue weighted by Crippen LogP contribution is -2.22. The molecule has 0 aliphatic carbocycles. The first-order chi connectivity index (χ1) is 15.8. The Hall–Kier alpha value is -3.34. The number of para-hydroxylation sites is 1. The molecular formula is C28H37NO4. The minimum Gasteiger partial charge on any atom is -0.508 e. The van der Waals surface area contributed by atoms with Crippen molar-refractivity contribution in [3.63, 3.8) is 0 Å². The number of hydrogen-bond acceptors (Lipinski definition) is 3. The average Bonchev–Trinajstić information content (AvgIpc) is 2.81. The number of aliphatic carboxylic acids is 1. The quantitative estimate of drug-likeness (QED) is 0.299. The summed E-state index contributed by atoms with van der Waals surface area (Å²) in [4.78, 5) is 22.6. The topological polar surface area (TPSA) is 79.5 Å². The zero-order valence-electron chi connectivity index (χ0n) is 20.3. The van der Waals surface area contributed by atoms with E-state index in [0.29, 0.717) is 5.56 Å². The third-order valence-corrected chi connectivity index (χ3v) is 5.03. The van der Waals surface area contributed by atoms with Crippen molar-refractivity contribution >= 4 is 16.9 Å². The molecule has 0 saturated carbocycles. The summed E-state index contributed by atoms with van der Waals surface area (Å²) < 4.78 is 1.88. The summed E-state index contributed by atoms with van der Waals surface area (Å²) >= 11 is 0. The summed E-state index contributed by atoms with van der Waals surface area (Å²) in [7, 11) is 0. The van der Waals surface area contributed by atoms with Crippen LogP contribution in [0, 0.1) is 0 Å². The number of pyridine rings is 1. The van der Waals surface area contributed by atoms with E-state index in [-0.39, 0.29) is 16.9 Å².